The quantitative estimate of drug-likeness (QED) is 0.0684. The molecule has 0 aliphatic heterocycles. The molecule has 0 aliphatic rings. The number of benzene rings is 9. The molecule has 3 heteroatoms. The SMILES string of the molecule is C=C(/C(=C(\N=C(/C)c1cc(Cc2ccccc2-c2ccccc2C)cc(-n2c3ccccc3c3ccccc32)c1)c1ccccc1)c1ccccc1)c1ccc(Oc2ccccc2)cc1. The van der Waals surface area contributed by atoms with E-state index in [1.807, 2.05) is 42.5 Å². The van der Waals surface area contributed by atoms with Gasteiger partial charge >= 0.3 is 0 Å². The molecule has 0 saturated heterocycles. The number of para-hydroxylation sites is 3. The zero-order valence-corrected chi connectivity index (χ0v) is 36.7. The first kappa shape index (κ1) is 40.8. The summed E-state index contributed by atoms with van der Waals surface area (Å²) in [7, 11) is 0. The Morgan fingerprint density at radius 2 is 1.03 bits per heavy atom. The molecule has 0 unspecified atom stereocenters. The lowest BCUT2D eigenvalue weighted by Crippen LogP contribution is -2.04. The van der Waals surface area contributed by atoms with Crippen LogP contribution in [0.15, 0.2) is 242 Å². The van der Waals surface area contributed by atoms with E-state index in [1.54, 1.807) is 0 Å². The van der Waals surface area contributed by atoms with E-state index in [0.717, 1.165) is 68.4 Å². The molecular formula is C62H48N2O. The van der Waals surface area contributed by atoms with Crippen LogP contribution in [0.4, 0.5) is 0 Å². The molecule has 9 aromatic carbocycles. The van der Waals surface area contributed by atoms with Gasteiger partial charge in [-0.15, -0.1) is 0 Å². The maximum atomic E-state index is 6.18. The highest BCUT2D eigenvalue weighted by atomic mass is 16.5. The van der Waals surface area contributed by atoms with Gasteiger partial charge in [-0.1, -0.05) is 183 Å². The molecule has 0 atom stereocenters. The summed E-state index contributed by atoms with van der Waals surface area (Å²) < 4.78 is 8.59. The Morgan fingerprint density at radius 1 is 0.492 bits per heavy atom. The van der Waals surface area contributed by atoms with Crippen LogP contribution < -0.4 is 4.74 Å². The molecule has 0 amide bonds. The van der Waals surface area contributed by atoms with Crippen molar-refractivity contribution >= 4 is 44.4 Å². The molecule has 1 heterocycles. The highest BCUT2D eigenvalue weighted by molar-refractivity contribution is 6.16. The number of nitrogens with zero attached hydrogens (tertiary/aromatic N) is 2. The fourth-order valence-electron chi connectivity index (χ4n) is 8.99. The molecule has 1 aromatic heterocycles. The number of aromatic nitrogens is 1. The van der Waals surface area contributed by atoms with Crippen LogP contribution in [0, 0.1) is 6.92 Å². The lowest BCUT2D eigenvalue weighted by atomic mass is 9.89. The number of ether oxygens (including phenoxy) is 1. The number of aryl methyl sites for hydroxylation is 1. The van der Waals surface area contributed by atoms with Gasteiger partial charge in [-0.3, -0.25) is 4.99 Å². The fourth-order valence-corrected chi connectivity index (χ4v) is 8.99. The third-order valence-corrected chi connectivity index (χ3v) is 12.2. The van der Waals surface area contributed by atoms with Gasteiger partial charge in [0.05, 0.1) is 16.7 Å². The highest BCUT2D eigenvalue weighted by Gasteiger charge is 2.19. The Hall–Kier alpha value is -8.27. The van der Waals surface area contributed by atoms with Gasteiger partial charge in [0.25, 0.3) is 0 Å². The Morgan fingerprint density at radius 3 is 1.69 bits per heavy atom. The second kappa shape index (κ2) is 18.2. The van der Waals surface area contributed by atoms with E-state index in [9.17, 15) is 0 Å². The molecule has 0 fully saturated rings. The smallest absolute Gasteiger partial charge is 0.127 e. The fraction of sp³-hybridized carbons (Fsp3) is 0.0484. The van der Waals surface area contributed by atoms with Gasteiger partial charge in [0.15, 0.2) is 0 Å². The van der Waals surface area contributed by atoms with E-state index < -0.39 is 0 Å². The molecule has 3 nitrogen and oxygen atoms in total. The van der Waals surface area contributed by atoms with Crippen molar-refractivity contribution in [3.63, 3.8) is 0 Å². The van der Waals surface area contributed by atoms with Crippen molar-refractivity contribution in [2.24, 2.45) is 4.99 Å². The summed E-state index contributed by atoms with van der Waals surface area (Å²) in [6.07, 6.45) is 0.743. The van der Waals surface area contributed by atoms with E-state index >= 15 is 0 Å². The summed E-state index contributed by atoms with van der Waals surface area (Å²) in [6, 6.07) is 80.9. The minimum absolute atomic E-state index is 0.743. The summed E-state index contributed by atoms with van der Waals surface area (Å²) in [6.45, 7) is 9.11. The zero-order valence-electron chi connectivity index (χ0n) is 36.7. The Kier molecular flexibility index (Phi) is 11.4. The van der Waals surface area contributed by atoms with Gasteiger partial charge < -0.3 is 9.30 Å². The lowest BCUT2D eigenvalue weighted by molar-refractivity contribution is 0.482. The van der Waals surface area contributed by atoms with Crippen LogP contribution in [-0.2, 0) is 6.42 Å². The number of allylic oxidation sites excluding steroid dienone is 2. The Labute approximate surface area is 381 Å². The lowest BCUT2D eigenvalue weighted by Gasteiger charge is -2.19. The molecule has 10 aromatic rings. The molecule has 10 rings (SSSR count). The van der Waals surface area contributed by atoms with Gasteiger partial charge in [-0.2, -0.15) is 0 Å². The van der Waals surface area contributed by atoms with Crippen LogP contribution >= 0.6 is 0 Å². The van der Waals surface area contributed by atoms with Crippen LogP contribution in [-0.4, -0.2) is 10.3 Å². The van der Waals surface area contributed by atoms with Crippen molar-refractivity contribution in [2.75, 3.05) is 0 Å². The zero-order chi connectivity index (χ0) is 44.1. The first-order valence-corrected chi connectivity index (χ1v) is 22.2. The van der Waals surface area contributed by atoms with E-state index in [1.165, 1.54) is 49.6 Å². The predicted octanol–water partition coefficient (Wildman–Crippen LogP) is 16.2. The first-order valence-electron chi connectivity index (χ1n) is 22.2. The number of fused-ring (bicyclic) bond motifs is 3. The maximum absolute atomic E-state index is 6.18. The average Bonchev–Trinajstić information content (AvgIpc) is 3.70. The topological polar surface area (TPSA) is 26.5 Å². The van der Waals surface area contributed by atoms with E-state index in [4.69, 9.17) is 16.3 Å². The summed E-state index contributed by atoms with van der Waals surface area (Å²) >= 11 is 0. The van der Waals surface area contributed by atoms with Crippen LogP contribution in [0.3, 0.4) is 0 Å². The number of rotatable bonds is 12. The molecular weight excluding hydrogens is 789 g/mol. The number of aliphatic imine (C=N–C) groups is 1. The van der Waals surface area contributed by atoms with E-state index in [0.29, 0.717) is 0 Å². The summed E-state index contributed by atoms with van der Waals surface area (Å²) in [5.41, 5.74) is 17.3. The molecule has 0 saturated carbocycles. The van der Waals surface area contributed by atoms with Crippen molar-refractivity contribution in [3.8, 4) is 28.3 Å². The predicted molar refractivity (Wildman–Crippen MR) is 274 cm³/mol. The van der Waals surface area contributed by atoms with Crippen LogP contribution in [0.2, 0.25) is 0 Å². The van der Waals surface area contributed by atoms with Crippen molar-refractivity contribution in [1.82, 2.24) is 4.57 Å². The second-order valence-electron chi connectivity index (χ2n) is 16.5. The van der Waals surface area contributed by atoms with Crippen molar-refractivity contribution in [1.29, 1.82) is 0 Å². The minimum Gasteiger partial charge on any atom is -0.457 e. The molecule has 0 radical (unpaired) electrons. The maximum Gasteiger partial charge on any atom is 0.127 e. The third kappa shape index (κ3) is 8.48. The molecule has 0 bridgehead atoms. The summed E-state index contributed by atoms with van der Waals surface area (Å²) in [5, 5.41) is 2.45. The van der Waals surface area contributed by atoms with Gasteiger partial charge in [-0.25, -0.2) is 0 Å². The second-order valence-corrected chi connectivity index (χ2v) is 16.5. The Balaban J connectivity index is 1.16. The molecule has 0 N–H and O–H groups in total. The van der Waals surface area contributed by atoms with E-state index in [-0.39, 0.29) is 0 Å². The minimum atomic E-state index is 0.743. The van der Waals surface area contributed by atoms with Crippen LogP contribution in [0.1, 0.15) is 45.9 Å². The molecule has 0 aliphatic carbocycles. The van der Waals surface area contributed by atoms with Crippen molar-refractivity contribution in [3.05, 3.63) is 276 Å². The van der Waals surface area contributed by atoms with Gasteiger partial charge in [0, 0.05) is 33.3 Å². The Bertz CT molecular complexity index is 3320. The van der Waals surface area contributed by atoms with Crippen molar-refractivity contribution in [2.45, 2.75) is 20.3 Å². The summed E-state index contributed by atoms with van der Waals surface area (Å²) in [5.74, 6) is 1.55. The molecule has 65 heavy (non-hydrogen) atoms. The third-order valence-electron chi connectivity index (χ3n) is 12.2. The highest BCUT2D eigenvalue weighted by Crippen LogP contribution is 2.39. The average molecular weight is 837 g/mol. The largest absolute Gasteiger partial charge is 0.457 e. The van der Waals surface area contributed by atoms with Gasteiger partial charge in [0.2, 0.25) is 0 Å². The van der Waals surface area contributed by atoms with Crippen molar-refractivity contribution < 1.29 is 4.74 Å². The summed E-state index contributed by atoms with van der Waals surface area (Å²) in [4.78, 5) is 5.69. The first-order chi connectivity index (χ1) is 32.0. The van der Waals surface area contributed by atoms with Crippen LogP contribution in [0.25, 0.3) is 55.5 Å². The number of hydrogen-bond acceptors (Lipinski definition) is 2. The van der Waals surface area contributed by atoms with Gasteiger partial charge in [-0.05, 0) is 125 Å². The standard InChI is InChI=1S/C62H48N2O/c1-43-21-13-15-29-55(43)56-30-16-14-26-50(56)39-46-40-51(42-52(41-46)64-59-33-19-17-31-57(59)58-32-18-20-34-60(58)64)45(3)63-62(49-24-9-5-10-25-49)61(48-22-7-4-8-23-48)44(2)47-35-37-54(38-36-47)65-53-27-11-6-12-28-53/h4-38,40-42H,2,39H2,1,3H3/b62-61+,63-45+. The van der Waals surface area contributed by atoms with Crippen LogP contribution in [0.5, 0.6) is 11.5 Å². The van der Waals surface area contributed by atoms with Gasteiger partial charge in [0.1, 0.15) is 11.5 Å². The number of hydrogen-bond donors (Lipinski definition) is 0. The molecule has 0 spiro atoms. The van der Waals surface area contributed by atoms with E-state index in [2.05, 4.69) is 206 Å². The molecule has 312 valence electrons. The normalized spacial score (nSPS) is 12.0. The monoisotopic (exact) mass is 836 g/mol.